The summed E-state index contributed by atoms with van der Waals surface area (Å²) in [6.45, 7) is 0. The molecule has 0 aliphatic carbocycles. The van der Waals surface area contributed by atoms with Gasteiger partial charge in [-0.25, -0.2) is 0 Å². The minimum absolute atomic E-state index is 0.196. The molecule has 0 aliphatic rings. The number of nitrogens with two attached hydrogens (primary N) is 1. The van der Waals surface area contributed by atoms with Crippen LogP contribution in [0.5, 0.6) is 0 Å². The van der Waals surface area contributed by atoms with Gasteiger partial charge in [-0.05, 0) is 12.8 Å². The Kier molecular flexibility index (Phi) is 6.91. The summed E-state index contributed by atoms with van der Waals surface area (Å²) in [6.07, 6.45) is 3.53. The molecule has 0 amide bonds. The van der Waals surface area contributed by atoms with Crippen molar-refractivity contribution in [1.82, 2.24) is 0 Å². The first-order valence-electron chi connectivity index (χ1n) is 4.28. The van der Waals surface area contributed by atoms with Gasteiger partial charge < -0.3 is 9.94 Å². The van der Waals surface area contributed by atoms with Gasteiger partial charge in [-0.15, -0.1) is 0 Å². The van der Waals surface area contributed by atoms with E-state index in [1.165, 1.54) is 0 Å². The Hall–Kier alpha value is -1.10. The smallest absolute Gasteiger partial charge is 0.324 e. The molecule has 0 heterocycles. The van der Waals surface area contributed by atoms with Crippen molar-refractivity contribution in [3.05, 3.63) is 0 Å². The maximum atomic E-state index is 10.5. The van der Waals surface area contributed by atoms with E-state index in [0.29, 0.717) is 19.3 Å². The number of hydrogen-bond acceptors (Lipinski definition) is 4. The van der Waals surface area contributed by atoms with Gasteiger partial charge in [0.05, 0.1) is 0 Å². The Morgan fingerprint density at radius 2 is 1.62 bits per heavy atom. The molecule has 0 saturated carbocycles. The van der Waals surface area contributed by atoms with Gasteiger partial charge in [0, 0.05) is 12.8 Å². The molecule has 0 atom stereocenters. The molecule has 0 saturated heterocycles. The highest BCUT2D eigenvalue weighted by atomic mass is 16.7. The third-order valence-electron chi connectivity index (χ3n) is 1.65. The zero-order valence-corrected chi connectivity index (χ0v) is 7.49. The quantitative estimate of drug-likeness (QED) is 0.457. The largest absolute Gasteiger partial charge is 0.481 e. The number of rotatable bonds is 7. The summed E-state index contributed by atoms with van der Waals surface area (Å²) in [5, 5.41) is 8.31. The lowest BCUT2D eigenvalue weighted by Crippen LogP contribution is -2.09. The summed E-state index contributed by atoms with van der Waals surface area (Å²) in [7, 11) is 0. The van der Waals surface area contributed by atoms with E-state index >= 15 is 0 Å². The minimum atomic E-state index is -0.777. The maximum absolute atomic E-state index is 10.5. The predicted octanol–water partition coefficient (Wildman–Crippen LogP) is 0.828. The van der Waals surface area contributed by atoms with Crippen LogP contribution in [-0.4, -0.2) is 17.0 Å². The van der Waals surface area contributed by atoms with Crippen molar-refractivity contribution < 1.29 is 19.5 Å². The molecule has 0 aromatic heterocycles. The van der Waals surface area contributed by atoms with E-state index in [4.69, 9.17) is 5.11 Å². The number of carboxylic acid groups (broad SMARTS) is 1. The average Bonchev–Trinajstić information content (AvgIpc) is 2.10. The molecular formula is C8H15NO4. The average molecular weight is 189 g/mol. The second-order valence-electron chi connectivity index (χ2n) is 2.80. The van der Waals surface area contributed by atoms with E-state index in [1.807, 2.05) is 0 Å². The van der Waals surface area contributed by atoms with Crippen molar-refractivity contribution in [2.45, 2.75) is 38.5 Å². The van der Waals surface area contributed by atoms with Gasteiger partial charge in [0.15, 0.2) is 0 Å². The van der Waals surface area contributed by atoms with Crippen LogP contribution in [0.15, 0.2) is 0 Å². The second kappa shape index (κ2) is 7.54. The Morgan fingerprint density at radius 1 is 1.08 bits per heavy atom. The van der Waals surface area contributed by atoms with Gasteiger partial charge in [0.25, 0.3) is 0 Å². The lowest BCUT2D eigenvalue weighted by Gasteiger charge is -1.98. The summed E-state index contributed by atoms with van der Waals surface area (Å²) in [4.78, 5) is 24.6. The van der Waals surface area contributed by atoms with Crippen LogP contribution >= 0.6 is 0 Å². The van der Waals surface area contributed by atoms with Crippen LogP contribution in [0.25, 0.3) is 0 Å². The molecule has 0 radical (unpaired) electrons. The van der Waals surface area contributed by atoms with E-state index in [9.17, 15) is 9.59 Å². The topological polar surface area (TPSA) is 89.6 Å². The summed E-state index contributed by atoms with van der Waals surface area (Å²) in [5.41, 5.74) is 0. The third kappa shape index (κ3) is 8.81. The molecule has 0 rings (SSSR count). The summed E-state index contributed by atoms with van der Waals surface area (Å²) in [5.74, 6) is 3.43. The fraction of sp³-hybridized carbons (Fsp3) is 0.750. The normalized spacial score (nSPS) is 9.62. The minimum Gasteiger partial charge on any atom is -0.481 e. The number of unbranched alkanes of at least 4 members (excludes halogenated alkanes) is 3. The van der Waals surface area contributed by atoms with Crippen LogP contribution in [0, 0.1) is 0 Å². The van der Waals surface area contributed by atoms with Gasteiger partial charge >= 0.3 is 11.9 Å². The first-order valence-corrected chi connectivity index (χ1v) is 4.28. The highest BCUT2D eigenvalue weighted by Crippen LogP contribution is 2.05. The van der Waals surface area contributed by atoms with Gasteiger partial charge in [-0.2, -0.15) is 5.90 Å². The molecular weight excluding hydrogens is 174 g/mol. The molecule has 5 heteroatoms. The second-order valence-corrected chi connectivity index (χ2v) is 2.80. The number of aliphatic carboxylic acids is 1. The van der Waals surface area contributed by atoms with E-state index < -0.39 is 11.9 Å². The first kappa shape index (κ1) is 11.9. The van der Waals surface area contributed by atoms with Crippen LogP contribution in [0.2, 0.25) is 0 Å². The molecule has 0 aromatic rings. The lowest BCUT2D eigenvalue weighted by molar-refractivity contribution is -0.144. The third-order valence-corrected chi connectivity index (χ3v) is 1.65. The van der Waals surface area contributed by atoms with Gasteiger partial charge in [0.1, 0.15) is 0 Å². The molecule has 0 aliphatic heterocycles. The molecule has 5 nitrogen and oxygen atoms in total. The maximum Gasteiger partial charge on any atom is 0.324 e. The van der Waals surface area contributed by atoms with Crippen molar-refractivity contribution in [2.24, 2.45) is 5.90 Å². The standard InChI is InChI=1S/C8H15NO4/c9-13-8(12)6-4-2-1-3-5-7(10)11/h1-6,9H2,(H,10,11). The van der Waals surface area contributed by atoms with Crippen LogP contribution in [0.4, 0.5) is 0 Å². The SMILES string of the molecule is NOC(=O)CCCCCCC(=O)O. The Bertz CT molecular complexity index is 170. The zero-order valence-electron chi connectivity index (χ0n) is 7.49. The van der Waals surface area contributed by atoms with Gasteiger partial charge in [0.2, 0.25) is 0 Å². The number of carbonyl (C=O) groups is 2. The molecule has 3 N–H and O–H groups in total. The van der Waals surface area contributed by atoms with E-state index in [1.54, 1.807) is 0 Å². The number of carbonyl (C=O) groups excluding carboxylic acids is 1. The fourth-order valence-electron chi connectivity index (χ4n) is 0.958. The van der Waals surface area contributed by atoms with Crippen LogP contribution < -0.4 is 5.90 Å². The number of hydrogen-bond donors (Lipinski definition) is 2. The van der Waals surface area contributed by atoms with Crippen molar-refractivity contribution in [2.75, 3.05) is 0 Å². The highest BCUT2D eigenvalue weighted by Gasteiger charge is 2.00. The van der Waals surface area contributed by atoms with E-state index in [0.717, 1.165) is 12.8 Å². The molecule has 0 bridgehead atoms. The summed E-state index contributed by atoms with van der Waals surface area (Å²) in [6, 6.07) is 0. The molecule has 0 aromatic carbocycles. The van der Waals surface area contributed by atoms with Crippen LogP contribution in [0.1, 0.15) is 38.5 Å². The molecule has 0 unspecified atom stereocenters. The van der Waals surface area contributed by atoms with E-state index in [-0.39, 0.29) is 6.42 Å². The van der Waals surface area contributed by atoms with Crippen molar-refractivity contribution in [1.29, 1.82) is 0 Å². The van der Waals surface area contributed by atoms with Crippen molar-refractivity contribution in [3.63, 3.8) is 0 Å². The lowest BCUT2D eigenvalue weighted by atomic mass is 10.1. The first-order chi connectivity index (χ1) is 6.16. The Balaban J connectivity index is 3.08. The van der Waals surface area contributed by atoms with Crippen LogP contribution in [0.3, 0.4) is 0 Å². The molecule has 76 valence electrons. The monoisotopic (exact) mass is 189 g/mol. The molecule has 0 fully saturated rings. The molecule has 0 spiro atoms. The Labute approximate surface area is 76.8 Å². The number of carboxylic acids is 1. The van der Waals surface area contributed by atoms with Crippen LogP contribution in [-0.2, 0) is 14.4 Å². The van der Waals surface area contributed by atoms with Crippen molar-refractivity contribution >= 4 is 11.9 Å². The summed E-state index contributed by atoms with van der Waals surface area (Å²) >= 11 is 0. The fourth-order valence-corrected chi connectivity index (χ4v) is 0.958. The van der Waals surface area contributed by atoms with Gasteiger partial charge in [-0.3, -0.25) is 9.59 Å². The van der Waals surface area contributed by atoms with E-state index in [2.05, 4.69) is 10.7 Å². The Morgan fingerprint density at radius 3 is 2.08 bits per heavy atom. The van der Waals surface area contributed by atoms with Gasteiger partial charge in [-0.1, -0.05) is 12.8 Å². The highest BCUT2D eigenvalue weighted by molar-refractivity contribution is 5.68. The zero-order chi connectivity index (χ0) is 10.1. The van der Waals surface area contributed by atoms with Crippen molar-refractivity contribution in [3.8, 4) is 0 Å². The predicted molar refractivity (Wildman–Crippen MR) is 45.6 cm³/mol. The summed E-state index contributed by atoms with van der Waals surface area (Å²) < 4.78 is 0. The molecule has 13 heavy (non-hydrogen) atoms.